The quantitative estimate of drug-likeness (QED) is 0.823. The highest BCUT2D eigenvalue weighted by molar-refractivity contribution is 7.84. The molecule has 1 aromatic carbocycles. The molecule has 17 heavy (non-hydrogen) atoms. The summed E-state index contributed by atoms with van der Waals surface area (Å²) in [7, 11) is -0.773. The van der Waals surface area contributed by atoms with Crippen molar-refractivity contribution in [3.8, 4) is 6.07 Å². The van der Waals surface area contributed by atoms with Crippen LogP contribution in [0.15, 0.2) is 18.2 Å². The molecule has 0 amide bonds. The molecule has 1 unspecified atom stereocenters. The summed E-state index contributed by atoms with van der Waals surface area (Å²) >= 11 is 0. The molecule has 0 spiro atoms. The summed E-state index contributed by atoms with van der Waals surface area (Å²) in [4.78, 5) is 0. The monoisotopic (exact) mass is 247 g/mol. The molecule has 1 atom stereocenters. The van der Waals surface area contributed by atoms with Crippen LogP contribution in [0.1, 0.15) is 42.4 Å². The van der Waals surface area contributed by atoms with E-state index in [0.29, 0.717) is 16.6 Å². The summed E-state index contributed by atoms with van der Waals surface area (Å²) < 4.78 is 12.1. The van der Waals surface area contributed by atoms with Crippen LogP contribution < -0.4 is 0 Å². The maximum absolute atomic E-state index is 12.1. The van der Waals surface area contributed by atoms with Crippen molar-refractivity contribution < 1.29 is 4.21 Å². The van der Waals surface area contributed by atoms with E-state index in [1.807, 2.05) is 25.1 Å². The molecular formula is C14H17NOS. The van der Waals surface area contributed by atoms with E-state index >= 15 is 0 Å². The molecule has 90 valence electrons. The van der Waals surface area contributed by atoms with Gasteiger partial charge in [0.2, 0.25) is 0 Å². The fourth-order valence-electron chi connectivity index (χ4n) is 2.31. The van der Waals surface area contributed by atoms with Gasteiger partial charge in [-0.15, -0.1) is 0 Å². The van der Waals surface area contributed by atoms with Gasteiger partial charge in [-0.25, -0.2) is 0 Å². The minimum Gasteiger partial charge on any atom is -0.259 e. The lowest BCUT2D eigenvalue weighted by molar-refractivity contribution is 0.668. The Balaban J connectivity index is 2.08. The molecule has 1 aliphatic rings. The van der Waals surface area contributed by atoms with Crippen LogP contribution in [-0.2, 0) is 16.6 Å². The molecule has 1 fully saturated rings. The largest absolute Gasteiger partial charge is 0.259 e. The van der Waals surface area contributed by atoms with Crippen molar-refractivity contribution in [1.29, 1.82) is 5.26 Å². The third kappa shape index (κ3) is 2.95. The van der Waals surface area contributed by atoms with Crippen molar-refractivity contribution in [2.24, 2.45) is 0 Å². The minimum atomic E-state index is -0.773. The summed E-state index contributed by atoms with van der Waals surface area (Å²) in [5.41, 5.74) is 2.71. The molecule has 2 nitrogen and oxygen atoms in total. The number of nitrogens with zero attached hydrogens (tertiary/aromatic N) is 1. The molecule has 1 saturated carbocycles. The van der Waals surface area contributed by atoms with Crippen molar-refractivity contribution >= 4 is 10.8 Å². The molecular weight excluding hydrogens is 230 g/mol. The zero-order valence-corrected chi connectivity index (χ0v) is 10.9. The average Bonchev–Trinajstić information content (AvgIpc) is 2.85. The maximum atomic E-state index is 12.1. The second-order valence-corrected chi connectivity index (χ2v) is 6.41. The van der Waals surface area contributed by atoms with Crippen molar-refractivity contribution in [1.82, 2.24) is 0 Å². The normalized spacial score (nSPS) is 17.9. The molecule has 0 aromatic heterocycles. The van der Waals surface area contributed by atoms with E-state index in [-0.39, 0.29) is 0 Å². The first-order valence-corrected chi connectivity index (χ1v) is 7.45. The van der Waals surface area contributed by atoms with Crippen molar-refractivity contribution in [3.63, 3.8) is 0 Å². The summed E-state index contributed by atoms with van der Waals surface area (Å²) in [5, 5.41) is 9.34. The molecule has 0 heterocycles. The van der Waals surface area contributed by atoms with Gasteiger partial charge in [-0.3, -0.25) is 4.21 Å². The Morgan fingerprint density at radius 1 is 1.41 bits per heavy atom. The number of aryl methyl sites for hydroxylation is 1. The predicted molar refractivity (Wildman–Crippen MR) is 70.0 cm³/mol. The van der Waals surface area contributed by atoms with Gasteiger partial charge in [0.15, 0.2) is 0 Å². The van der Waals surface area contributed by atoms with Gasteiger partial charge < -0.3 is 0 Å². The summed E-state index contributed by atoms with van der Waals surface area (Å²) in [6.07, 6.45) is 4.63. The average molecular weight is 247 g/mol. The van der Waals surface area contributed by atoms with Crippen LogP contribution in [0.3, 0.4) is 0 Å². The van der Waals surface area contributed by atoms with Crippen LogP contribution in [0.4, 0.5) is 0 Å². The molecule has 2 rings (SSSR count). The summed E-state index contributed by atoms with van der Waals surface area (Å²) in [6, 6.07) is 7.99. The van der Waals surface area contributed by atoms with E-state index in [0.717, 1.165) is 24.0 Å². The summed E-state index contributed by atoms with van der Waals surface area (Å²) in [6.45, 7) is 1.93. The fraction of sp³-hybridized carbons (Fsp3) is 0.500. The third-order valence-electron chi connectivity index (χ3n) is 3.41. The van der Waals surface area contributed by atoms with Crippen LogP contribution in [-0.4, -0.2) is 9.46 Å². The first kappa shape index (κ1) is 12.3. The standard InChI is InChI=1S/C14H17NOS/c1-11-6-7-12(8-13(11)9-15)10-17(16)14-4-2-3-5-14/h6-8,14H,2-5,10H2,1H3. The van der Waals surface area contributed by atoms with Gasteiger partial charge in [-0.1, -0.05) is 25.0 Å². The van der Waals surface area contributed by atoms with Gasteiger partial charge in [0, 0.05) is 21.8 Å². The number of nitriles is 1. The fourth-order valence-corrected chi connectivity index (χ4v) is 3.92. The van der Waals surface area contributed by atoms with E-state index in [2.05, 4.69) is 6.07 Å². The van der Waals surface area contributed by atoms with Gasteiger partial charge in [-0.2, -0.15) is 5.26 Å². The Hall–Kier alpha value is -1.14. The topological polar surface area (TPSA) is 40.9 Å². The Labute approximate surface area is 105 Å². The van der Waals surface area contributed by atoms with Gasteiger partial charge >= 0.3 is 0 Å². The lowest BCUT2D eigenvalue weighted by atomic mass is 10.1. The van der Waals surface area contributed by atoms with E-state index in [1.54, 1.807) is 0 Å². The molecule has 0 radical (unpaired) electrons. The Morgan fingerprint density at radius 2 is 2.12 bits per heavy atom. The zero-order chi connectivity index (χ0) is 12.3. The molecule has 1 aliphatic carbocycles. The smallest absolute Gasteiger partial charge is 0.0994 e. The van der Waals surface area contributed by atoms with Crippen LogP contribution >= 0.6 is 0 Å². The minimum absolute atomic E-state index is 0.377. The molecule has 3 heteroatoms. The molecule has 0 aliphatic heterocycles. The predicted octanol–water partition coefficient (Wildman–Crippen LogP) is 3.06. The summed E-state index contributed by atoms with van der Waals surface area (Å²) in [5.74, 6) is 0.597. The van der Waals surface area contributed by atoms with Crippen LogP contribution in [0.2, 0.25) is 0 Å². The van der Waals surface area contributed by atoms with Gasteiger partial charge in [-0.05, 0) is 37.0 Å². The lowest BCUT2D eigenvalue weighted by Crippen LogP contribution is -2.12. The van der Waals surface area contributed by atoms with Crippen LogP contribution in [0, 0.1) is 18.3 Å². The van der Waals surface area contributed by atoms with Crippen LogP contribution in [0.25, 0.3) is 0 Å². The number of benzene rings is 1. The third-order valence-corrected chi connectivity index (χ3v) is 5.24. The molecule has 0 saturated heterocycles. The first-order chi connectivity index (χ1) is 8.20. The van der Waals surface area contributed by atoms with E-state index < -0.39 is 10.8 Å². The molecule has 0 bridgehead atoms. The Kier molecular flexibility index (Phi) is 3.96. The Morgan fingerprint density at radius 3 is 2.76 bits per heavy atom. The number of hydrogen-bond donors (Lipinski definition) is 0. The van der Waals surface area contributed by atoms with Crippen LogP contribution in [0.5, 0.6) is 0 Å². The highest BCUT2D eigenvalue weighted by atomic mass is 32.2. The van der Waals surface area contributed by atoms with Crippen molar-refractivity contribution in [3.05, 3.63) is 34.9 Å². The number of hydrogen-bond acceptors (Lipinski definition) is 2. The van der Waals surface area contributed by atoms with Gasteiger partial charge in [0.1, 0.15) is 0 Å². The van der Waals surface area contributed by atoms with E-state index in [9.17, 15) is 4.21 Å². The second-order valence-electron chi connectivity index (χ2n) is 4.69. The van der Waals surface area contributed by atoms with Gasteiger partial charge in [0.05, 0.1) is 11.6 Å². The lowest BCUT2D eigenvalue weighted by Gasteiger charge is -2.09. The van der Waals surface area contributed by atoms with Crippen molar-refractivity contribution in [2.45, 2.75) is 43.6 Å². The zero-order valence-electron chi connectivity index (χ0n) is 10.1. The van der Waals surface area contributed by atoms with E-state index in [1.165, 1.54) is 12.8 Å². The van der Waals surface area contributed by atoms with Crippen molar-refractivity contribution in [2.75, 3.05) is 0 Å². The maximum Gasteiger partial charge on any atom is 0.0994 e. The molecule has 0 N–H and O–H groups in total. The Bertz CT molecular complexity index is 470. The van der Waals surface area contributed by atoms with Gasteiger partial charge in [0.25, 0.3) is 0 Å². The SMILES string of the molecule is Cc1ccc(CS(=O)C2CCCC2)cc1C#N. The highest BCUT2D eigenvalue weighted by Gasteiger charge is 2.21. The first-order valence-electron chi connectivity index (χ1n) is 6.07. The highest BCUT2D eigenvalue weighted by Crippen LogP contribution is 2.25. The second kappa shape index (κ2) is 5.46. The molecule has 1 aromatic rings. The van der Waals surface area contributed by atoms with E-state index in [4.69, 9.17) is 5.26 Å². The number of rotatable bonds is 3.